The number of carbonyl (C=O) groups is 2. The summed E-state index contributed by atoms with van der Waals surface area (Å²) in [5.41, 5.74) is 0. The van der Waals surface area contributed by atoms with Gasteiger partial charge in [0.25, 0.3) is 0 Å². The third-order valence-electron chi connectivity index (χ3n) is 3.32. The molecule has 1 aliphatic rings. The van der Waals surface area contributed by atoms with Gasteiger partial charge in [-0.1, -0.05) is 6.08 Å². The van der Waals surface area contributed by atoms with Crippen LogP contribution in [-0.2, 0) is 9.53 Å². The van der Waals surface area contributed by atoms with E-state index in [1.54, 1.807) is 11.0 Å². The molecule has 0 aromatic rings. The first-order chi connectivity index (χ1) is 8.92. The number of methoxy groups -OCH3 is 1. The number of nitrogens with zero attached hydrogens (tertiary/aromatic N) is 2. The van der Waals surface area contributed by atoms with Gasteiger partial charge in [-0.25, -0.2) is 9.59 Å². The lowest BCUT2D eigenvalue weighted by Gasteiger charge is -2.32. The Kier molecular flexibility index (Phi) is 5.35. The van der Waals surface area contributed by atoms with Crippen molar-refractivity contribution in [1.82, 2.24) is 9.80 Å². The first kappa shape index (κ1) is 15.5. The number of carboxylic acids is 1. The summed E-state index contributed by atoms with van der Waals surface area (Å²) in [7, 11) is 1.53. The van der Waals surface area contributed by atoms with Crippen molar-refractivity contribution in [1.29, 1.82) is 0 Å². The summed E-state index contributed by atoms with van der Waals surface area (Å²) >= 11 is 0. The molecular weight excluding hydrogens is 248 g/mol. The second-order valence-electron chi connectivity index (χ2n) is 4.92. The third-order valence-corrected chi connectivity index (χ3v) is 3.32. The summed E-state index contributed by atoms with van der Waals surface area (Å²) in [5, 5.41) is 9.21. The molecule has 1 rings (SSSR count). The molecule has 1 N–H and O–H groups in total. The summed E-state index contributed by atoms with van der Waals surface area (Å²) in [5.74, 6) is -0.991. The summed E-state index contributed by atoms with van der Waals surface area (Å²) in [6.45, 7) is 8.12. The van der Waals surface area contributed by atoms with Crippen LogP contribution >= 0.6 is 0 Å². The van der Waals surface area contributed by atoms with Gasteiger partial charge in [0.2, 0.25) is 0 Å². The quantitative estimate of drug-likeness (QED) is 0.761. The van der Waals surface area contributed by atoms with Crippen molar-refractivity contribution in [3.05, 3.63) is 12.7 Å². The summed E-state index contributed by atoms with van der Waals surface area (Å²) < 4.78 is 5.18. The van der Waals surface area contributed by atoms with Crippen LogP contribution < -0.4 is 0 Å². The number of hydrogen-bond donors (Lipinski definition) is 1. The second kappa shape index (κ2) is 6.56. The van der Waals surface area contributed by atoms with E-state index >= 15 is 0 Å². The van der Waals surface area contributed by atoms with Crippen LogP contribution in [0.15, 0.2) is 12.7 Å². The molecule has 0 spiro atoms. The molecule has 1 saturated heterocycles. The molecule has 0 aliphatic carbocycles. The van der Waals surface area contributed by atoms with E-state index in [9.17, 15) is 14.7 Å². The van der Waals surface area contributed by atoms with Crippen LogP contribution in [0.3, 0.4) is 0 Å². The normalized spacial score (nSPS) is 22.6. The molecule has 0 saturated carbocycles. The Balaban J connectivity index is 2.88. The van der Waals surface area contributed by atoms with Gasteiger partial charge in [0.15, 0.2) is 0 Å². The predicted octanol–water partition coefficient (Wildman–Crippen LogP) is 1.18. The molecule has 108 valence electrons. The Bertz CT molecular complexity index is 357. The van der Waals surface area contributed by atoms with Gasteiger partial charge in [-0.15, -0.1) is 6.58 Å². The molecular formula is C13H22N2O4. The van der Waals surface area contributed by atoms with Gasteiger partial charge in [-0.3, -0.25) is 0 Å². The fraction of sp³-hybridized carbons (Fsp3) is 0.692. The van der Waals surface area contributed by atoms with E-state index in [4.69, 9.17) is 4.74 Å². The number of rotatable bonds is 5. The molecule has 1 heterocycles. The predicted molar refractivity (Wildman–Crippen MR) is 71.0 cm³/mol. The Morgan fingerprint density at radius 2 is 2.21 bits per heavy atom. The van der Waals surface area contributed by atoms with Crippen LogP contribution in [0.4, 0.5) is 4.79 Å². The fourth-order valence-corrected chi connectivity index (χ4v) is 2.23. The van der Waals surface area contributed by atoms with Gasteiger partial charge in [-0.05, 0) is 13.8 Å². The van der Waals surface area contributed by atoms with Crippen LogP contribution in [0.25, 0.3) is 0 Å². The number of urea groups is 1. The molecule has 0 aromatic carbocycles. The standard InChI is InChI=1S/C13H22N2O4/c1-5-6-14(9(2)3)13(18)15-8-10(19-4)7-11(15)12(16)17/h5,9-11H,1,6-8H2,2-4H3,(H,16,17). The van der Waals surface area contributed by atoms with Crippen molar-refractivity contribution in [3.63, 3.8) is 0 Å². The van der Waals surface area contributed by atoms with E-state index in [1.807, 2.05) is 13.8 Å². The summed E-state index contributed by atoms with van der Waals surface area (Å²) in [6, 6.07) is -1.10. The Hall–Kier alpha value is -1.56. The highest BCUT2D eigenvalue weighted by atomic mass is 16.5. The van der Waals surface area contributed by atoms with Crippen molar-refractivity contribution >= 4 is 12.0 Å². The molecule has 1 aliphatic heterocycles. The van der Waals surface area contributed by atoms with E-state index in [-0.39, 0.29) is 18.2 Å². The summed E-state index contributed by atoms with van der Waals surface area (Å²) in [6.07, 6.45) is 1.75. The zero-order chi connectivity index (χ0) is 14.6. The lowest BCUT2D eigenvalue weighted by atomic mass is 10.2. The zero-order valence-corrected chi connectivity index (χ0v) is 11.7. The van der Waals surface area contributed by atoms with Gasteiger partial charge in [-0.2, -0.15) is 0 Å². The fourth-order valence-electron chi connectivity index (χ4n) is 2.23. The van der Waals surface area contributed by atoms with Gasteiger partial charge in [0.05, 0.1) is 6.10 Å². The molecule has 19 heavy (non-hydrogen) atoms. The van der Waals surface area contributed by atoms with Crippen molar-refractivity contribution < 1.29 is 19.4 Å². The smallest absolute Gasteiger partial charge is 0.326 e. The number of aliphatic carboxylic acids is 1. The van der Waals surface area contributed by atoms with Crippen LogP contribution in [-0.4, -0.2) is 65.3 Å². The van der Waals surface area contributed by atoms with E-state index in [2.05, 4.69) is 6.58 Å². The maximum Gasteiger partial charge on any atom is 0.326 e. The van der Waals surface area contributed by atoms with Crippen molar-refractivity contribution in [3.8, 4) is 0 Å². The average molecular weight is 270 g/mol. The van der Waals surface area contributed by atoms with E-state index in [1.165, 1.54) is 12.0 Å². The van der Waals surface area contributed by atoms with Crippen molar-refractivity contribution in [2.24, 2.45) is 0 Å². The number of hydrogen-bond acceptors (Lipinski definition) is 3. The van der Waals surface area contributed by atoms with E-state index in [0.717, 1.165) is 0 Å². The van der Waals surface area contributed by atoms with Crippen molar-refractivity contribution in [2.45, 2.75) is 38.5 Å². The number of carbonyl (C=O) groups excluding carboxylic acids is 1. The minimum Gasteiger partial charge on any atom is -0.480 e. The largest absolute Gasteiger partial charge is 0.480 e. The molecule has 6 heteroatoms. The minimum absolute atomic E-state index is 0.0125. The van der Waals surface area contributed by atoms with Crippen LogP contribution in [0.1, 0.15) is 20.3 Å². The maximum absolute atomic E-state index is 12.4. The Morgan fingerprint density at radius 3 is 2.63 bits per heavy atom. The van der Waals surface area contributed by atoms with Crippen LogP contribution in [0.5, 0.6) is 0 Å². The molecule has 0 aromatic heterocycles. The van der Waals surface area contributed by atoms with Crippen molar-refractivity contribution in [2.75, 3.05) is 20.2 Å². The topological polar surface area (TPSA) is 70.1 Å². The minimum atomic E-state index is -0.991. The molecule has 0 bridgehead atoms. The van der Waals surface area contributed by atoms with Crippen LogP contribution in [0.2, 0.25) is 0 Å². The average Bonchev–Trinajstić information content (AvgIpc) is 2.79. The first-order valence-electron chi connectivity index (χ1n) is 6.36. The highest BCUT2D eigenvalue weighted by Gasteiger charge is 2.41. The molecule has 1 fully saturated rings. The van der Waals surface area contributed by atoms with Gasteiger partial charge < -0.3 is 19.6 Å². The number of amides is 2. The molecule has 6 nitrogen and oxygen atoms in total. The van der Waals surface area contributed by atoms with Gasteiger partial charge in [0, 0.05) is 32.7 Å². The first-order valence-corrected chi connectivity index (χ1v) is 6.36. The highest BCUT2D eigenvalue weighted by molar-refractivity contribution is 5.83. The van der Waals surface area contributed by atoms with Gasteiger partial charge >= 0.3 is 12.0 Å². The number of ether oxygens (including phenoxy) is 1. The lowest BCUT2D eigenvalue weighted by Crippen LogP contribution is -2.50. The van der Waals surface area contributed by atoms with Gasteiger partial charge in [0.1, 0.15) is 6.04 Å². The molecule has 2 unspecified atom stereocenters. The third kappa shape index (κ3) is 3.47. The highest BCUT2D eigenvalue weighted by Crippen LogP contribution is 2.22. The number of carboxylic acid groups (broad SMARTS) is 1. The zero-order valence-electron chi connectivity index (χ0n) is 11.7. The Morgan fingerprint density at radius 1 is 1.58 bits per heavy atom. The molecule has 2 amide bonds. The Labute approximate surface area is 113 Å². The second-order valence-corrected chi connectivity index (χ2v) is 4.92. The number of likely N-dealkylation sites (tertiary alicyclic amines) is 1. The van der Waals surface area contributed by atoms with E-state index < -0.39 is 12.0 Å². The molecule has 2 atom stereocenters. The van der Waals surface area contributed by atoms with E-state index in [0.29, 0.717) is 19.5 Å². The SMILES string of the molecule is C=CCN(C(=O)N1CC(OC)CC1C(=O)O)C(C)C. The lowest BCUT2D eigenvalue weighted by molar-refractivity contribution is -0.141. The molecule has 0 radical (unpaired) electrons. The maximum atomic E-state index is 12.4. The van der Waals surface area contributed by atoms with Crippen LogP contribution in [0, 0.1) is 0 Å². The summed E-state index contributed by atoms with van der Waals surface area (Å²) in [4.78, 5) is 26.7. The monoisotopic (exact) mass is 270 g/mol.